The Kier molecular flexibility index (Phi) is 6.56. The van der Waals surface area contributed by atoms with Crippen molar-refractivity contribution in [2.75, 3.05) is 4.90 Å². The van der Waals surface area contributed by atoms with Crippen molar-refractivity contribution in [3.63, 3.8) is 0 Å². The van der Waals surface area contributed by atoms with Crippen LogP contribution in [0.1, 0.15) is 73.6 Å². The standard InChI is InChI=1S/C54H43N/c1-52(2)42-24-12-8-20-37(42)40-31-30-35(33-47(40)52)55(51-36-19-7-6-18-34(36)32-48-50(51)41-23-11-13-25-43(41)53(48,3)4)49-29-17-16-28-46(49)54(5)44-26-14-9-21-38(44)39-22-10-15-27-45(39)54/h6-33H,1-5H3. The molecule has 8 aromatic carbocycles. The van der Waals surface area contributed by atoms with Crippen LogP contribution in [0.5, 0.6) is 0 Å². The highest BCUT2D eigenvalue weighted by Crippen LogP contribution is 2.60. The number of anilines is 3. The van der Waals surface area contributed by atoms with E-state index in [9.17, 15) is 0 Å². The topological polar surface area (TPSA) is 3.24 Å². The smallest absolute Gasteiger partial charge is 0.0621 e. The highest BCUT2D eigenvalue weighted by molar-refractivity contribution is 6.10. The first kappa shape index (κ1) is 32.3. The van der Waals surface area contributed by atoms with Gasteiger partial charge in [-0.3, -0.25) is 0 Å². The van der Waals surface area contributed by atoms with Crippen molar-refractivity contribution in [1.29, 1.82) is 0 Å². The molecule has 0 atom stereocenters. The Balaban J connectivity index is 1.28. The van der Waals surface area contributed by atoms with Gasteiger partial charge >= 0.3 is 0 Å². The van der Waals surface area contributed by atoms with Crippen molar-refractivity contribution >= 4 is 27.8 Å². The van der Waals surface area contributed by atoms with Crippen molar-refractivity contribution < 1.29 is 0 Å². The van der Waals surface area contributed by atoms with Gasteiger partial charge in [0.1, 0.15) is 0 Å². The first-order valence-electron chi connectivity index (χ1n) is 19.7. The molecule has 3 aliphatic rings. The summed E-state index contributed by atoms with van der Waals surface area (Å²) < 4.78 is 0. The molecule has 8 aromatic rings. The highest BCUT2D eigenvalue weighted by atomic mass is 15.2. The Morgan fingerprint density at radius 3 is 1.51 bits per heavy atom. The van der Waals surface area contributed by atoms with E-state index in [0.29, 0.717) is 0 Å². The molecule has 264 valence electrons. The Labute approximate surface area is 324 Å². The lowest BCUT2D eigenvalue weighted by Gasteiger charge is -2.37. The molecule has 0 aliphatic heterocycles. The molecule has 1 heteroatoms. The zero-order valence-electron chi connectivity index (χ0n) is 32.1. The molecule has 0 amide bonds. The lowest BCUT2D eigenvalue weighted by Crippen LogP contribution is -2.26. The Hall–Kier alpha value is -6.18. The molecule has 11 rings (SSSR count). The molecule has 1 nitrogen and oxygen atoms in total. The fourth-order valence-corrected chi connectivity index (χ4v) is 10.8. The number of hydrogen-bond donors (Lipinski definition) is 0. The molecular formula is C54H43N. The molecule has 0 fully saturated rings. The minimum absolute atomic E-state index is 0.141. The molecule has 0 unspecified atom stereocenters. The number of nitrogens with zero attached hydrogens (tertiary/aromatic N) is 1. The SMILES string of the molecule is CC1(C)c2ccccc2-c2ccc(N(c3ccccc3C3(C)c4ccccc4-c4ccccc43)c3c4c(cc5ccccc35)C(C)(C)c3ccccc3-4)cc21. The average molecular weight is 706 g/mol. The second-order valence-corrected chi connectivity index (χ2v) is 17.0. The molecular weight excluding hydrogens is 663 g/mol. The molecule has 0 N–H and O–H groups in total. The number of para-hydroxylation sites is 1. The molecule has 55 heavy (non-hydrogen) atoms. The molecule has 3 aliphatic carbocycles. The van der Waals surface area contributed by atoms with Gasteiger partial charge < -0.3 is 4.90 Å². The third kappa shape index (κ3) is 4.19. The third-order valence-electron chi connectivity index (χ3n) is 13.5. The minimum Gasteiger partial charge on any atom is -0.309 e. The zero-order chi connectivity index (χ0) is 37.3. The van der Waals surface area contributed by atoms with Gasteiger partial charge in [-0.2, -0.15) is 0 Å². The maximum absolute atomic E-state index is 2.64. The van der Waals surface area contributed by atoms with Crippen LogP contribution in [0, 0.1) is 0 Å². The molecule has 0 radical (unpaired) electrons. The van der Waals surface area contributed by atoms with Gasteiger partial charge in [-0.15, -0.1) is 0 Å². The van der Waals surface area contributed by atoms with E-state index in [-0.39, 0.29) is 16.2 Å². The van der Waals surface area contributed by atoms with Crippen LogP contribution >= 0.6 is 0 Å². The van der Waals surface area contributed by atoms with Gasteiger partial charge in [-0.25, -0.2) is 0 Å². The van der Waals surface area contributed by atoms with Crippen LogP contribution in [0.3, 0.4) is 0 Å². The van der Waals surface area contributed by atoms with E-state index in [1.165, 1.54) is 100 Å². The summed E-state index contributed by atoms with van der Waals surface area (Å²) in [4.78, 5) is 2.64. The molecule has 0 saturated carbocycles. The summed E-state index contributed by atoms with van der Waals surface area (Å²) in [5.41, 5.74) is 20.4. The Bertz CT molecular complexity index is 2860. The maximum Gasteiger partial charge on any atom is 0.0621 e. The fourth-order valence-electron chi connectivity index (χ4n) is 10.8. The number of hydrogen-bond acceptors (Lipinski definition) is 1. The average Bonchev–Trinajstić information content (AvgIpc) is 3.72. The highest BCUT2D eigenvalue weighted by Gasteiger charge is 2.45. The van der Waals surface area contributed by atoms with Crippen molar-refractivity contribution in [2.45, 2.75) is 50.9 Å². The predicted octanol–water partition coefficient (Wildman–Crippen LogP) is 14.3. The summed E-state index contributed by atoms with van der Waals surface area (Å²) in [6.07, 6.45) is 0. The summed E-state index contributed by atoms with van der Waals surface area (Å²) in [5.74, 6) is 0. The van der Waals surface area contributed by atoms with Crippen molar-refractivity contribution in [2.24, 2.45) is 0 Å². The minimum atomic E-state index is -0.390. The molecule has 0 bridgehead atoms. The van der Waals surface area contributed by atoms with Crippen LogP contribution in [-0.2, 0) is 16.2 Å². The van der Waals surface area contributed by atoms with Crippen LogP contribution in [0.25, 0.3) is 44.2 Å². The van der Waals surface area contributed by atoms with Crippen LogP contribution in [0.15, 0.2) is 170 Å². The zero-order valence-corrected chi connectivity index (χ0v) is 32.1. The first-order chi connectivity index (χ1) is 26.7. The summed E-state index contributed by atoms with van der Waals surface area (Å²) >= 11 is 0. The van der Waals surface area contributed by atoms with Crippen LogP contribution in [-0.4, -0.2) is 0 Å². The van der Waals surface area contributed by atoms with Gasteiger partial charge in [0, 0.05) is 32.9 Å². The van der Waals surface area contributed by atoms with Gasteiger partial charge in [0.25, 0.3) is 0 Å². The quantitative estimate of drug-likeness (QED) is 0.176. The van der Waals surface area contributed by atoms with Gasteiger partial charge in [-0.05, 0) is 103 Å². The normalized spacial score (nSPS) is 15.8. The summed E-state index contributed by atoms with van der Waals surface area (Å²) in [6.45, 7) is 12.0. The van der Waals surface area contributed by atoms with Crippen molar-refractivity contribution in [3.8, 4) is 33.4 Å². The van der Waals surface area contributed by atoms with Gasteiger partial charge in [0.15, 0.2) is 0 Å². The lowest BCUT2D eigenvalue weighted by atomic mass is 9.73. The fraction of sp³-hybridized carbons (Fsp3) is 0.148. The van der Waals surface area contributed by atoms with Gasteiger partial charge in [-0.1, -0.05) is 173 Å². The van der Waals surface area contributed by atoms with Crippen molar-refractivity contribution in [1.82, 2.24) is 0 Å². The second kappa shape index (κ2) is 11.2. The summed E-state index contributed by atoms with van der Waals surface area (Å²) in [5, 5.41) is 2.51. The van der Waals surface area contributed by atoms with Crippen LogP contribution in [0.2, 0.25) is 0 Å². The van der Waals surface area contributed by atoms with Gasteiger partial charge in [0.05, 0.1) is 11.4 Å². The monoisotopic (exact) mass is 705 g/mol. The summed E-state index contributed by atoms with van der Waals surface area (Å²) in [7, 11) is 0. The summed E-state index contributed by atoms with van der Waals surface area (Å²) in [6, 6.07) is 64.2. The number of rotatable bonds is 4. The van der Waals surface area contributed by atoms with E-state index < -0.39 is 0 Å². The van der Waals surface area contributed by atoms with Gasteiger partial charge in [0.2, 0.25) is 0 Å². The predicted molar refractivity (Wildman–Crippen MR) is 231 cm³/mol. The Morgan fingerprint density at radius 2 is 0.836 bits per heavy atom. The van der Waals surface area contributed by atoms with Crippen LogP contribution in [0.4, 0.5) is 17.1 Å². The van der Waals surface area contributed by atoms with Crippen LogP contribution < -0.4 is 4.90 Å². The van der Waals surface area contributed by atoms with E-state index in [1.807, 2.05) is 0 Å². The molecule has 0 heterocycles. The molecule has 0 aromatic heterocycles. The third-order valence-corrected chi connectivity index (χ3v) is 13.5. The molecule has 0 saturated heterocycles. The Morgan fingerprint density at radius 1 is 0.364 bits per heavy atom. The first-order valence-corrected chi connectivity index (χ1v) is 19.7. The maximum atomic E-state index is 2.64. The number of fused-ring (bicyclic) bond motifs is 10. The van der Waals surface area contributed by atoms with Crippen molar-refractivity contribution in [3.05, 3.63) is 209 Å². The van der Waals surface area contributed by atoms with E-state index in [0.717, 1.165) is 0 Å². The van der Waals surface area contributed by atoms with E-state index in [4.69, 9.17) is 0 Å². The second-order valence-electron chi connectivity index (χ2n) is 17.0. The largest absolute Gasteiger partial charge is 0.309 e. The van der Waals surface area contributed by atoms with E-state index >= 15 is 0 Å². The molecule has 0 spiro atoms. The lowest BCUT2D eigenvalue weighted by molar-refractivity contribution is 0.660. The number of benzene rings is 8. The van der Waals surface area contributed by atoms with E-state index in [2.05, 4.69) is 209 Å². The van der Waals surface area contributed by atoms with E-state index in [1.54, 1.807) is 0 Å².